The van der Waals surface area contributed by atoms with E-state index < -0.39 is 0 Å². The summed E-state index contributed by atoms with van der Waals surface area (Å²) >= 11 is 1.79. The van der Waals surface area contributed by atoms with Crippen molar-refractivity contribution in [3.63, 3.8) is 0 Å². The Labute approximate surface area is 108 Å². The van der Waals surface area contributed by atoms with Gasteiger partial charge in [0, 0.05) is 24.6 Å². The largest absolute Gasteiger partial charge is 0.378 e. The summed E-state index contributed by atoms with van der Waals surface area (Å²) in [5.74, 6) is 0.681. The fourth-order valence-corrected chi connectivity index (χ4v) is 2.60. The van der Waals surface area contributed by atoms with E-state index in [1.54, 1.807) is 11.8 Å². The smallest absolute Gasteiger partial charge is 0.0588 e. The Morgan fingerprint density at radius 2 is 2.12 bits per heavy atom. The molecule has 94 valence electrons. The van der Waals surface area contributed by atoms with Crippen LogP contribution in [0.4, 0.5) is 0 Å². The zero-order valence-corrected chi connectivity index (χ0v) is 11.4. The minimum absolute atomic E-state index is 0.418. The molecule has 1 aromatic rings. The predicted octanol–water partition coefficient (Wildman–Crippen LogP) is 2.92. The van der Waals surface area contributed by atoms with Crippen LogP contribution in [0.2, 0.25) is 0 Å². The number of hydrogen-bond acceptors (Lipinski definition) is 3. The number of thioether (sulfide) groups is 1. The minimum Gasteiger partial charge on any atom is -0.378 e. The molecule has 0 radical (unpaired) electrons. The molecule has 2 nitrogen and oxygen atoms in total. The molecule has 17 heavy (non-hydrogen) atoms. The van der Waals surface area contributed by atoms with Crippen molar-refractivity contribution < 1.29 is 4.74 Å². The molecule has 0 amide bonds. The van der Waals surface area contributed by atoms with Gasteiger partial charge in [-0.1, -0.05) is 12.1 Å². The Morgan fingerprint density at radius 1 is 1.35 bits per heavy atom. The molecule has 1 aliphatic rings. The lowest BCUT2D eigenvalue weighted by Crippen LogP contribution is -2.26. The van der Waals surface area contributed by atoms with E-state index in [1.807, 2.05) is 0 Å². The quantitative estimate of drug-likeness (QED) is 0.813. The summed E-state index contributed by atoms with van der Waals surface area (Å²) in [6.07, 6.45) is 3.72. The summed E-state index contributed by atoms with van der Waals surface area (Å²) in [5.41, 5.74) is 1.36. The first-order chi connectivity index (χ1) is 8.29. The monoisotopic (exact) mass is 251 g/mol. The zero-order chi connectivity index (χ0) is 12.1. The van der Waals surface area contributed by atoms with Gasteiger partial charge in [-0.2, -0.15) is 0 Å². The maximum atomic E-state index is 5.56. The SMILES string of the molecule is CSc1ccc(CNCC2CCOC2C)cc1. The topological polar surface area (TPSA) is 21.3 Å². The fraction of sp³-hybridized carbons (Fsp3) is 0.571. The molecule has 0 bridgehead atoms. The van der Waals surface area contributed by atoms with E-state index in [0.717, 1.165) is 19.7 Å². The maximum Gasteiger partial charge on any atom is 0.0588 e. The van der Waals surface area contributed by atoms with Gasteiger partial charge in [-0.3, -0.25) is 0 Å². The lowest BCUT2D eigenvalue weighted by molar-refractivity contribution is 0.105. The normalized spacial score (nSPS) is 24.1. The van der Waals surface area contributed by atoms with Gasteiger partial charge in [-0.05, 0) is 43.2 Å². The lowest BCUT2D eigenvalue weighted by Gasteiger charge is -2.14. The van der Waals surface area contributed by atoms with Crippen molar-refractivity contribution in [3.8, 4) is 0 Å². The minimum atomic E-state index is 0.418. The van der Waals surface area contributed by atoms with Crippen LogP contribution in [0.25, 0.3) is 0 Å². The van der Waals surface area contributed by atoms with E-state index in [4.69, 9.17) is 4.74 Å². The molecule has 0 aromatic heterocycles. The summed E-state index contributed by atoms with van der Waals surface area (Å²) in [4.78, 5) is 1.33. The molecule has 0 aliphatic carbocycles. The lowest BCUT2D eigenvalue weighted by atomic mass is 10.0. The van der Waals surface area contributed by atoms with Gasteiger partial charge in [0.15, 0.2) is 0 Å². The van der Waals surface area contributed by atoms with E-state index in [9.17, 15) is 0 Å². The first kappa shape index (κ1) is 12.9. The highest BCUT2D eigenvalue weighted by atomic mass is 32.2. The molecule has 1 aromatic carbocycles. The Bertz CT molecular complexity index is 339. The second-order valence-corrected chi connectivity index (χ2v) is 5.48. The van der Waals surface area contributed by atoms with Gasteiger partial charge in [0.1, 0.15) is 0 Å². The molecule has 1 fully saturated rings. The van der Waals surface area contributed by atoms with E-state index in [-0.39, 0.29) is 0 Å². The van der Waals surface area contributed by atoms with E-state index >= 15 is 0 Å². The molecule has 3 heteroatoms. The molecular weight excluding hydrogens is 230 g/mol. The number of benzene rings is 1. The second-order valence-electron chi connectivity index (χ2n) is 4.60. The van der Waals surface area contributed by atoms with Crippen LogP contribution < -0.4 is 5.32 Å². The summed E-state index contributed by atoms with van der Waals surface area (Å²) in [5, 5.41) is 3.52. The van der Waals surface area contributed by atoms with Crippen LogP contribution in [0.15, 0.2) is 29.2 Å². The highest BCUT2D eigenvalue weighted by molar-refractivity contribution is 7.98. The fourth-order valence-electron chi connectivity index (χ4n) is 2.19. The molecule has 2 unspecified atom stereocenters. The van der Waals surface area contributed by atoms with Crippen LogP contribution in [0, 0.1) is 5.92 Å². The number of rotatable bonds is 5. The summed E-state index contributed by atoms with van der Waals surface area (Å²) in [6.45, 7) is 5.12. The molecule has 1 aliphatic heterocycles. The summed E-state index contributed by atoms with van der Waals surface area (Å²) in [6, 6.07) is 8.77. The van der Waals surface area contributed by atoms with Crippen molar-refractivity contribution in [2.24, 2.45) is 5.92 Å². The third kappa shape index (κ3) is 3.73. The van der Waals surface area contributed by atoms with Crippen molar-refractivity contribution in [2.45, 2.75) is 30.9 Å². The molecule has 2 atom stereocenters. The molecule has 0 saturated carbocycles. The van der Waals surface area contributed by atoms with Crippen LogP contribution in [0.1, 0.15) is 18.9 Å². The predicted molar refractivity (Wildman–Crippen MR) is 73.5 cm³/mol. The highest BCUT2D eigenvalue weighted by Gasteiger charge is 2.23. The molecule has 2 rings (SSSR count). The third-order valence-corrected chi connectivity index (χ3v) is 4.17. The Kier molecular flexibility index (Phi) is 4.89. The van der Waals surface area contributed by atoms with Gasteiger partial charge >= 0.3 is 0 Å². The Morgan fingerprint density at radius 3 is 2.71 bits per heavy atom. The molecule has 1 heterocycles. The average Bonchev–Trinajstić information content (AvgIpc) is 2.76. The van der Waals surface area contributed by atoms with E-state index in [0.29, 0.717) is 12.0 Å². The van der Waals surface area contributed by atoms with Crippen molar-refractivity contribution in [1.29, 1.82) is 0 Å². The average molecular weight is 251 g/mol. The van der Waals surface area contributed by atoms with Gasteiger partial charge in [-0.15, -0.1) is 11.8 Å². The van der Waals surface area contributed by atoms with E-state index in [2.05, 4.69) is 42.8 Å². The van der Waals surface area contributed by atoms with Gasteiger partial charge in [0.05, 0.1) is 6.10 Å². The number of nitrogens with one attached hydrogen (secondary N) is 1. The van der Waals surface area contributed by atoms with Crippen LogP contribution in [0.5, 0.6) is 0 Å². The Hall–Kier alpha value is -0.510. The second kappa shape index (κ2) is 6.43. The van der Waals surface area contributed by atoms with Crippen LogP contribution >= 0.6 is 11.8 Å². The first-order valence-electron chi connectivity index (χ1n) is 6.25. The Balaban J connectivity index is 1.73. The first-order valence-corrected chi connectivity index (χ1v) is 7.47. The van der Waals surface area contributed by atoms with Gasteiger partial charge in [0.25, 0.3) is 0 Å². The van der Waals surface area contributed by atoms with Crippen LogP contribution in [0.3, 0.4) is 0 Å². The summed E-state index contributed by atoms with van der Waals surface area (Å²) in [7, 11) is 0. The highest BCUT2D eigenvalue weighted by Crippen LogP contribution is 2.19. The molecule has 1 saturated heterocycles. The van der Waals surface area contributed by atoms with E-state index in [1.165, 1.54) is 16.9 Å². The maximum absolute atomic E-state index is 5.56. The molecule has 1 N–H and O–H groups in total. The van der Waals surface area contributed by atoms with Crippen molar-refractivity contribution >= 4 is 11.8 Å². The van der Waals surface area contributed by atoms with Gasteiger partial charge in [0.2, 0.25) is 0 Å². The van der Waals surface area contributed by atoms with Gasteiger partial charge < -0.3 is 10.1 Å². The zero-order valence-electron chi connectivity index (χ0n) is 10.6. The van der Waals surface area contributed by atoms with Crippen LogP contribution in [-0.4, -0.2) is 25.5 Å². The van der Waals surface area contributed by atoms with Gasteiger partial charge in [-0.25, -0.2) is 0 Å². The van der Waals surface area contributed by atoms with Crippen molar-refractivity contribution in [3.05, 3.63) is 29.8 Å². The van der Waals surface area contributed by atoms with Crippen LogP contribution in [-0.2, 0) is 11.3 Å². The number of ether oxygens (including phenoxy) is 1. The number of hydrogen-bond donors (Lipinski definition) is 1. The summed E-state index contributed by atoms with van der Waals surface area (Å²) < 4.78 is 5.56. The standard InChI is InChI=1S/C14H21NOS/c1-11-13(7-8-16-11)10-15-9-12-3-5-14(17-2)6-4-12/h3-6,11,13,15H,7-10H2,1-2H3. The van der Waals surface area contributed by atoms with Crippen molar-refractivity contribution in [2.75, 3.05) is 19.4 Å². The molecular formula is C14H21NOS. The third-order valence-electron chi connectivity index (χ3n) is 3.43. The molecule has 0 spiro atoms. The van der Waals surface area contributed by atoms with Crippen molar-refractivity contribution in [1.82, 2.24) is 5.32 Å².